The quantitative estimate of drug-likeness (QED) is 0.575. The molecule has 4 nitrogen and oxygen atoms in total. The monoisotopic (exact) mass is 162 g/mol. The van der Waals surface area contributed by atoms with E-state index in [-0.39, 0.29) is 5.41 Å². The van der Waals surface area contributed by atoms with Crippen LogP contribution in [-0.2, 0) is 0 Å². The highest BCUT2D eigenvalue weighted by atomic mass is 15.5. The van der Waals surface area contributed by atoms with Crippen molar-refractivity contribution in [2.24, 2.45) is 5.41 Å². The third-order valence-corrected chi connectivity index (χ3v) is 1.83. The second-order valence-electron chi connectivity index (χ2n) is 3.45. The summed E-state index contributed by atoms with van der Waals surface area (Å²) >= 11 is 0. The highest BCUT2D eigenvalue weighted by Gasteiger charge is 2.13. The molecule has 1 aromatic heterocycles. The Morgan fingerprint density at radius 3 is 3.00 bits per heavy atom. The number of aromatic nitrogens is 4. The van der Waals surface area contributed by atoms with Crippen LogP contribution in [0.5, 0.6) is 0 Å². The van der Waals surface area contributed by atoms with Crippen LogP contribution in [-0.4, -0.2) is 20.2 Å². The Morgan fingerprint density at radius 1 is 1.33 bits per heavy atom. The predicted octanol–water partition coefficient (Wildman–Crippen LogP) is 1.20. The predicted molar refractivity (Wildman–Crippen MR) is 46.0 cm³/mol. The fourth-order valence-corrected chi connectivity index (χ4v) is 1.02. The summed E-state index contributed by atoms with van der Waals surface area (Å²) in [6, 6.07) is 0. The molecule has 12 heavy (non-hydrogen) atoms. The number of tetrazole rings is 1. The van der Waals surface area contributed by atoms with Crippen molar-refractivity contribution in [3.63, 3.8) is 0 Å². The second kappa shape index (κ2) is 2.27. The van der Waals surface area contributed by atoms with Gasteiger partial charge in [-0.05, 0) is 16.5 Å². The largest absolute Gasteiger partial charge is 0.201 e. The Bertz CT molecular complexity index is 315. The van der Waals surface area contributed by atoms with E-state index in [9.17, 15) is 0 Å². The van der Waals surface area contributed by atoms with Crippen LogP contribution in [0.25, 0.3) is 12.3 Å². The fraction of sp³-hybridized carbons (Fsp3) is 0.375. The Balaban J connectivity index is 2.49. The van der Waals surface area contributed by atoms with E-state index >= 15 is 0 Å². The number of allylic oxidation sites excluding steroid dienone is 2. The van der Waals surface area contributed by atoms with E-state index in [2.05, 4.69) is 41.5 Å². The highest BCUT2D eigenvalue weighted by molar-refractivity contribution is 5.48. The Labute approximate surface area is 70.6 Å². The zero-order valence-electron chi connectivity index (χ0n) is 7.10. The van der Waals surface area contributed by atoms with E-state index in [1.807, 2.05) is 12.3 Å². The highest BCUT2D eigenvalue weighted by Crippen LogP contribution is 2.22. The normalized spacial score (nSPS) is 18.8. The van der Waals surface area contributed by atoms with Crippen molar-refractivity contribution >= 4 is 12.3 Å². The summed E-state index contributed by atoms with van der Waals surface area (Å²) in [5.41, 5.74) is 0.0718. The van der Waals surface area contributed by atoms with Gasteiger partial charge in [0.05, 0.1) is 0 Å². The Morgan fingerprint density at radius 2 is 2.17 bits per heavy atom. The van der Waals surface area contributed by atoms with Crippen molar-refractivity contribution in [2.75, 3.05) is 0 Å². The molecule has 0 aromatic carbocycles. The van der Waals surface area contributed by atoms with Gasteiger partial charge in [0, 0.05) is 11.6 Å². The summed E-state index contributed by atoms with van der Waals surface area (Å²) in [6.07, 6.45) is 7.96. The van der Waals surface area contributed by atoms with E-state index in [0.717, 1.165) is 5.82 Å². The van der Waals surface area contributed by atoms with E-state index in [1.165, 1.54) is 0 Å². The van der Waals surface area contributed by atoms with Gasteiger partial charge in [0.2, 0.25) is 0 Å². The summed E-state index contributed by atoms with van der Waals surface area (Å²) in [7, 11) is 0. The molecule has 0 N–H and O–H groups in total. The number of nitrogens with zero attached hydrogens (tertiary/aromatic N) is 4. The number of hydrogen-bond donors (Lipinski definition) is 0. The maximum atomic E-state index is 3.85. The molecule has 0 aliphatic carbocycles. The third-order valence-electron chi connectivity index (χ3n) is 1.83. The third kappa shape index (κ3) is 1.15. The number of rotatable bonds is 0. The lowest BCUT2D eigenvalue weighted by atomic mass is 9.93. The first-order valence-electron chi connectivity index (χ1n) is 3.84. The standard InChI is InChI=1S/C8H10N4/c1-8(2)4-3-7-9-10-11-12(7)6-5-8/h3-6H,1-2H3. The van der Waals surface area contributed by atoms with E-state index in [0.29, 0.717) is 0 Å². The maximum absolute atomic E-state index is 3.85. The van der Waals surface area contributed by atoms with Crippen molar-refractivity contribution in [1.82, 2.24) is 20.2 Å². The van der Waals surface area contributed by atoms with Gasteiger partial charge >= 0.3 is 0 Å². The van der Waals surface area contributed by atoms with Gasteiger partial charge in [-0.1, -0.05) is 26.0 Å². The molecule has 2 heterocycles. The number of fused-ring (bicyclic) bond motifs is 1. The average Bonchev–Trinajstić information content (AvgIpc) is 2.40. The number of hydrogen-bond acceptors (Lipinski definition) is 3. The SMILES string of the molecule is CC1(C)C=Cc2nnnn2C=C1. The lowest BCUT2D eigenvalue weighted by Crippen LogP contribution is -2.00. The Hall–Kier alpha value is -1.45. The molecule has 2 rings (SSSR count). The zero-order chi connectivity index (χ0) is 8.60. The molecule has 1 aliphatic rings. The molecule has 1 aliphatic heterocycles. The van der Waals surface area contributed by atoms with Gasteiger partial charge in [-0.2, -0.15) is 0 Å². The van der Waals surface area contributed by atoms with Crippen LogP contribution in [0.1, 0.15) is 19.7 Å². The molecular formula is C8H10N4. The van der Waals surface area contributed by atoms with E-state index < -0.39 is 0 Å². The molecule has 0 saturated heterocycles. The molecular weight excluding hydrogens is 152 g/mol. The first-order chi connectivity index (χ1) is 5.67. The molecule has 4 heteroatoms. The van der Waals surface area contributed by atoms with Crippen LogP contribution in [0.2, 0.25) is 0 Å². The van der Waals surface area contributed by atoms with Gasteiger partial charge < -0.3 is 0 Å². The smallest absolute Gasteiger partial charge is 0.178 e. The minimum Gasteiger partial charge on any atom is -0.201 e. The fourth-order valence-electron chi connectivity index (χ4n) is 1.02. The first kappa shape index (κ1) is 7.21. The summed E-state index contributed by atoms with van der Waals surface area (Å²) < 4.78 is 1.66. The zero-order valence-corrected chi connectivity index (χ0v) is 7.10. The minimum absolute atomic E-state index is 0.0718. The van der Waals surface area contributed by atoms with Crippen LogP contribution in [0.15, 0.2) is 12.2 Å². The van der Waals surface area contributed by atoms with Gasteiger partial charge in [-0.15, -0.1) is 5.10 Å². The van der Waals surface area contributed by atoms with Crippen molar-refractivity contribution < 1.29 is 0 Å². The molecule has 0 fully saturated rings. The van der Waals surface area contributed by atoms with Gasteiger partial charge in [0.25, 0.3) is 0 Å². The van der Waals surface area contributed by atoms with E-state index in [4.69, 9.17) is 0 Å². The summed E-state index contributed by atoms with van der Waals surface area (Å²) in [5, 5.41) is 11.2. The van der Waals surface area contributed by atoms with Crippen LogP contribution < -0.4 is 0 Å². The van der Waals surface area contributed by atoms with E-state index in [1.54, 1.807) is 4.68 Å². The van der Waals surface area contributed by atoms with Crippen molar-refractivity contribution in [3.05, 3.63) is 18.0 Å². The molecule has 0 bridgehead atoms. The van der Waals surface area contributed by atoms with Gasteiger partial charge in [-0.25, -0.2) is 4.68 Å². The lowest BCUT2D eigenvalue weighted by Gasteiger charge is -2.11. The van der Waals surface area contributed by atoms with Crippen LogP contribution in [0.4, 0.5) is 0 Å². The summed E-state index contributed by atoms with van der Waals surface area (Å²) in [6.45, 7) is 4.25. The average molecular weight is 162 g/mol. The molecule has 0 amide bonds. The van der Waals surface area contributed by atoms with Crippen molar-refractivity contribution in [3.8, 4) is 0 Å². The lowest BCUT2D eigenvalue weighted by molar-refractivity contribution is 0.631. The van der Waals surface area contributed by atoms with Gasteiger partial charge in [0.15, 0.2) is 5.82 Å². The minimum atomic E-state index is 0.0718. The summed E-state index contributed by atoms with van der Waals surface area (Å²) in [5.74, 6) is 0.775. The molecule has 62 valence electrons. The van der Waals surface area contributed by atoms with Crippen molar-refractivity contribution in [1.29, 1.82) is 0 Å². The molecule has 1 aromatic rings. The van der Waals surface area contributed by atoms with Crippen LogP contribution in [0, 0.1) is 5.41 Å². The maximum Gasteiger partial charge on any atom is 0.178 e. The molecule has 0 saturated carbocycles. The topological polar surface area (TPSA) is 43.6 Å². The van der Waals surface area contributed by atoms with Gasteiger partial charge in [0.1, 0.15) is 0 Å². The molecule has 0 radical (unpaired) electrons. The van der Waals surface area contributed by atoms with Crippen molar-refractivity contribution in [2.45, 2.75) is 13.8 Å². The molecule has 0 spiro atoms. The van der Waals surface area contributed by atoms with Gasteiger partial charge in [-0.3, -0.25) is 0 Å². The first-order valence-corrected chi connectivity index (χ1v) is 3.84. The van der Waals surface area contributed by atoms with Crippen LogP contribution >= 0.6 is 0 Å². The molecule has 0 atom stereocenters. The Kier molecular flexibility index (Phi) is 1.36. The second-order valence-corrected chi connectivity index (χ2v) is 3.45. The molecule has 0 unspecified atom stereocenters. The summed E-state index contributed by atoms with van der Waals surface area (Å²) in [4.78, 5) is 0. The van der Waals surface area contributed by atoms with Crippen LogP contribution in [0.3, 0.4) is 0 Å².